The second kappa shape index (κ2) is 10.2. The number of hydrogen-bond acceptors (Lipinski definition) is 12. The van der Waals surface area contributed by atoms with Gasteiger partial charge in [0.15, 0.2) is 11.9 Å². The van der Waals surface area contributed by atoms with Crippen LogP contribution in [0.2, 0.25) is 0 Å². The molecule has 0 amide bonds. The van der Waals surface area contributed by atoms with Gasteiger partial charge >= 0.3 is 11.9 Å². The van der Waals surface area contributed by atoms with Gasteiger partial charge in [-0.05, 0) is 36.4 Å². The van der Waals surface area contributed by atoms with E-state index in [0.29, 0.717) is 5.57 Å². The summed E-state index contributed by atoms with van der Waals surface area (Å²) in [5.74, 6) is -4.56. The topological polar surface area (TPSA) is 180 Å². The van der Waals surface area contributed by atoms with E-state index in [1.807, 2.05) is 5.38 Å². The zero-order chi connectivity index (χ0) is 31.2. The number of rotatable bonds is 5. The van der Waals surface area contributed by atoms with Crippen LogP contribution in [0.3, 0.4) is 0 Å². The summed E-state index contributed by atoms with van der Waals surface area (Å²) < 4.78 is 17.1. The van der Waals surface area contributed by atoms with Gasteiger partial charge in [0.05, 0.1) is 24.2 Å². The first kappa shape index (κ1) is 31.2. The normalized spacial score (nSPS) is 42.2. The molecule has 5 N–H and O–H groups in total. The lowest BCUT2D eigenvalue weighted by molar-refractivity contribution is -0.345. The second-order valence-electron chi connectivity index (χ2n) is 13.1. The van der Waals surface area contributed by atoms with Crippen molar-refractivity contribution in [1.82, 2.24) is 0 Å². The average molecular weight is 609 g/mol. The van der Waals surface area contributed by atoms with Crippen LogP contribution in [0.15, 0.2) is 28.7 Å². The van der Waals surface area contributed by atoms with Gasteiger partial charge < -0.3 is 39.7 Å². The fraction of sp³-hybridized carbons (Fsp3) is 0.700. The van der Waals surface area contributed by atoms with E-state index in [9.17, 15) is 39.9 Å². The Hall–Kier alpha value is -2.19. The molecule has 1 aromatic heterocycles. The Morgan fingerprint density at radius 1 is 1.17 bits per heavy atom. The Labute approximate surface area is 248 Å². The van der Waals surface area contributed by atoms with Crippen LogP contribution in [0.25, 0.3) is 0 Å². The lowest BCUT2D eigenvalue weighted by Crippen LogP contribution is -2.81. The van der Waals surface area contributed by atoms with Crippen LogP contribution in [0.4, 0.5) is 0 Å². The summed E-state index contributed by atoms with van der Waals surface area (Å²) in [7, 11) is 0. The van der Waals surface area contributed by atoms with Crippen LogP contribution >= 0.6 is 11.3 Å². The van der Waals surface area contributed by atoms with E-state index in [0.717, 1.165) is 11.8 Å². The van der Waals surface area contributed by atoms with Crippen molar-refractivity contribution in [3.05, 3.63) is 33.5 Å². The summed E-state index contributed by atoms with van der Waals surface area (Å²) in [5, 5.41) is 60.2. The summed E-state index contributed by atoms with van der Waals surface area (Å²) in [4.78, 5) is 40.8. The van der Waals surface area contributed by atoms with E-state index >= 15 is 0 Å². The third-order valence-electron chi connectivity index (χ3n) is 10.6. The summed E-state index contributed by atoms with van der Waals surface area (Å²) >= 11 is 1.37. The van der Waals surface area contributed by atoms with E-state index in [4.69, 9.17) is 14.2 Å². The molecule has 11 atom stereocenters. The van der Waals surface area contributed by atoms with Crippen molar-refractivity contribution in [2.75, 3.05) is 6.61 Å². The van der Waals surface area contributed by atoms with Crippen LogP contribution in [0, 0.1) is 16.7 Å². The van der Waals surface area contributed by atoms with E-state index in [1.54, 1.807) is 39.8 Å². The fourth-order valence-corrected chi connectivity index (χ4v) is 8.73. The molecule has 1 saturated heterocycles. The zero-order valence-electron chi connectivity index (χ0n) is 24.6. The molecule has 3 fully saturated rings. The van der Waals surface area contributed by atoms with E-state index in [2.05, 4.69) is 0 Å². The van der Waals surface area contributed by atoms with Gasteiger partial charge in [-0.15, -0.1) is 11.3 Å². The van der Waals surface area contributed by atoms with E-state index in [1.165, 1.54) is 18.3 Å². The number of ether oxygens (including phenoxy) is 3. The maximum absolute atomic E-state index is 14.2. The molecule has 0 aromatic carbocycles. The Balaban J connectivity index is 1.65. The average Bonchev–Trinajstić information content (AvgIpc) is 3.45. The Kier molecular flexibility index (Phi) is 7.58. The molecule has 5 rings (SSSR count). The van der Waals surface area contributed by atoms with Crippen molar-refractivity contribution < 1.29 is 54.1 Å². The minimum Gasteiger partial charge on any atom is -0.459 e. The molecule has 2 heterocycles. The van der Waals surface area contributed by atoms with Crippen molar-refractivity contribution in [3.8, 4) is 0 Å². The van der Waals surface area contributed by atoms with Crippen LogP contribution in [0.1, 0.15) is 65.2 Å². The monoisotopic (exact) mass is 608 g/mol. The summed E-state index contributed by atoms with van der Waals surface area (Å²) in [5.41, 5.74) is -6.83. The highest BCUT2D eigenvalue weighted by molar-refractivity contribution is 7.10. The number of thiophene rings is 1. The number of hydrogen-bond donors (Lipinski definition) is 5. The molecule has 2 saturated carbocycles. The summed E-state index contributed by atoms with van der Waals surface area (Å²) in [6, 6.07) is 3.58. The lowest BCUT2D eigenvalue weighted by Gasteiger charge is -2.66. The van der Waals surface area contributed by atoms with Gasteiger partial charge in [-0.1, -0.05) is 26.8 Å². The third-order valence-corrected chi connectivity index (χ3v) is 11.7. The number of fused-ring (bicyclic) bond motifs is 5. The Morgan fingerprint density at radius 2 is 1.83 bits per heavy atom. The standard InChI is InChI=1S/C30H40O11S/c1-13-16(41-26(36)21(33)14(2)17-8-7-9-42-17)11-30(38)25(40-15(3)31)23-28(6,18(32)10-19-29(23,37)12-39-19)24(35)22(34)20(13)27(30,4)5/h7-9,14,16,18-19,21-23,25,32-34,37-38H,10-12H2,1-6H3/t14-,16?,18-,19+,21+,22+,23-,25-,28+,29-,30+/m0/s1. The Bertz CT molecular complexity index is 1310. The van der Waals surface area contributed by atoms with Crippen LogP contribution in [-0.2, 0) is 28.6 Å². The molecule has 42 heavy (non-hydrogen) atoms. The van der Waals surface area contributed by atoms with Crippen molar-refractivity contribution in [2.24, 2.45) is 16.7 Å². The molecule has 232 valence electrons. The van der Waals surface area contributed by atoms with E-state index < -0.39 is 88.2 Å². The van der Waals surface area contributed by atoms with Crippen molar-refractivity contribution in [1.29, 1.82) is 0 Å². The second-order valence-corrected chi connectivity index (χ2v) is 14.1. The van der Waals surface area contributed by atoms with Gasteiger partial charge in [0.1, 0.15) is 29.5 Å². The van der Waals surface area contributed by atoms with Crippen molar-refractivity contribution in [2.45, 2.75) is 108 Å². The quantitative estimate of drug-likeness (QED) is 0.238. The number of ketones is 1. The molecular formula is C30H40O11S. The molecule has 1 aromatic rings. The minimum atomic E-state index is -2.12. The number of esters is 2. The first-order valence-corrected chi connectivity index (χ1v) is 15.1. The van der Waals surface area contributed by atoms with Gasteiger partial charge in [0.2, 0.25) is 0 Å². The van der Waals surface area contributed by atoms with Crippen LogP contribution in [-0.4, -0.2) is 97.7 Å². The maximum atomic E-state index is 14.2. The number of carbonyl (C=O) groups excluding carboxylic acids is 3. The Morgan fingerprint density at radius 3 is 2.38 bits per heavy atom. The molecule has 2 bridgehead atoms. The predicted octanol–water partition coefficient (Wildman–Crippen LogP) is 0.994. The molecule has 0 spiro atoms. The van der Waals surface area contributed by atoms with Crippen LogP contribution < -0.4 is 0 Å². The summed E-state index contributed by atoms with van der Waals surface area (Å²) in [6.07, 6.45) is -8.96. The first-order valence-electron chi connectivity index (χ1n) is 14.2. The summed E-state index contributed by atoms with van der Waals surface area (Å²) in [6.45, 7) is 8.72. The number of carbonyl (C=O) groups is 3. The highest BCUT2D eigenvalue weighted by Gasteiger charge is 2.76. The van der Waals surface area contributed by atoms with Gasteiger partial charge in [0, 0.05) is 41.9 Å². The maximum Gasteiger partial charge on any atom is 0.336 e. The molecule has 0 radical (unpaired) electrons. The number of aliphatic hydroxyl groups is 5. The first-order chi connectivity index (χ1) is 19.4. The lowest BCUT2D eigenvalue weighted by atomic mass is 9.45. The third kappa shape index (κ3) is 4.17. The van der Waals surface area contributed by atoms with E-state index in [-0.39, 0.29) is 25.0 Å². The molecule has 12 heteroatoms. The van der Waals surface area contributed by atoms with Gasteiger partial charge in [-0.3, -0.25) is 9.59 Å². The smallest absolute Gasteiger partial charge is 0.336 e. The SMILES string of the molecule is CC(=O)O[C@H]1[C@@H]2[C@]3(O)CO[C@@H]3C[C@H](O)[C@@]2(C)C(=O)[C@H](O)C2=C(C)C(OC(=O)[C@H](O)[C@@H](C)c3cccs3)C[C@]1(O)C2(C)C. The molecule has 4 aliphatic rings. The fourth-order valence-electron chi connectivity index (χ4n) is 7.92. The minimum absolute atomic E-state index is 0.0582. The molecular weight excluding hydrogens is 568 g/mol. The highest BCUT2D eigenvalue weighted by Crippen LogP contribution is 2.63. The largest absolute Gasteiger partial charge is 0.459 e. The van der Waals surface area contributed by atoms with Gasteiger partial charge in [-0.2, -0.15) is 0 Å². The molecule has 1 unspecified atom stereocenters. The number of Topliss-reactive ketones (excluding diaryl/α,β-unsaturated/α-hetero) is 1. The molecule has 1 aliphatic heterocycles. The van der Waals surface area contributed by atoms with Gasteiger partial charge in [0.25, 0.3) is 0 Å². The molecule has 11 nitrogen and oxygen atoms in total. The predicted molar refractivity (Wildman–Crippen MR) is 148 cm³/mol. The highest BCUT2D eigenvalue weighted by atomic mass is 32.1. The zero-order valence-corrected chi connectivity index (χ0v) is 25.4. The van der Waals surface area contributed by atoms with Crippen LogP contribution in [0.5, 0.6) is 0 Å². The molecule has 3 aliphatic carbocycles. The van der Waals surface area contributed by atoms with Crippen molar-refractivity contribution in [3.63, 3.8) is 0 Å². The van der Waals surface area contributed by atoms with Gasteiger partial charge in [-0.25, -0.2) is 4.79 Å². The van der Waals surface area contributed by atoms with Crippen molar-refractivity contribution >= 4 is 29.1 Å². The number of aliphatic hydroxyl groups excluding tert-OH is 3.